The van der Waals surface area contributed by atoms with Gasteiger partial charge in [-0.15, -0.1) is 0 Å². The van der Waals surface area contributed by atoms with E-state index in [-0.39, 0.29) is 6.04 Å². The van der Waals surface area contributed by atoms with E-state index in [9.17, 15) is 4.79 Å². The molecule has 2 nitrogen and oxygen atoms in total. The lowest BCUT2D eigenvalue weighted by atomic mass is 9.89. The summed E-state index contributed by atoms with van der Waals surface area (Å²) >= 11 is 0. The third-order valence-electron chi connectivity index (χ3n) is 3.49. The average Bonchev–Trinajstić information content (AvgIpc) is 2.43. The Morgan fingerprint density at radius 2 is 2.30 bits per heavy atom. The third-order valence-corrected chi connectivity index (χ3v) is 3.49. The molecule has 10 heavy (non-hydrogen) atoms. The number of ketones is 1. The van der Waals surface area contributed by atoms with Crippen molar-refractivity contribution in [3.8, 4) is 0 Å². The highest BCUT2D eigenvalue weighted by Gasteiger charge is 2.55. The minimum Gasteiger partial charge on any atom is -0.307 e. The molecule has 2 aliphatic carbocycles. The van der Waals surface area contributed by atoms with Gasteiger partial charge in [0, 0.05) is 5.92 Å². The maximum absolute atomic E-state index is 11.4. The second-order valence-corrected chi connectivity index (χ2v) is 3.88. The maximum Gasteiger partial charge on any atom is 0.153 e. The molecular weight excluding hydrogens is 126 g/mol. The molecule has 2 bridgehead atoms. The molecule has 1 heterocycles. The summed E-state index contributed by atoms with van der Waals surface area (Å²) in [6.07, 6.45) is 2.38. The Morgan fingerprint density at radius 3 is 3.00 bits per heavy atom. The van der Waals surface area contributed by atoms with Crippen LogP contribution in [-0.2, 0) is 4.79 Å². The second kappa shape index (κ2) is 1.45. The largest absolute Gasteiger partial charge is 0.307 e. The van der Waals surface area contributed by atoms with Crippen LogP contribution in [-0.4, -0.2) is 18.4 Å². The monoisotopic (exact) mass is 137 g/mol. The van der Waals surface area contributed by atoms with Gasteiger partial charge in [0.25, 0.3) is 0 Å². The van der Waals surface area contributed by atoms with Gasteiger partial charge in [0.15, 0.2) is 5.78 Å². The van der Waals surface area contributed by atoms with Crippen LogP contribution in [0.1, 0.15) is 12.8 Å². The van der Waals surface area contributed by atoms with Crippen LogP contribution in [0.4, 0.5) is 0 Å². The van der Waals surface area contributed by atoms with Crippen molar-refractivity contribution >= 4 is 5.78 Å². The molecular formula is C8H11NO. The Kier molecular flexibility index (Phi) is 0.768. The molecule has 3 aliphatic rings. The number of carbonyl (C=O) groups is 1. The van der Waals surface area contributed by atoms with Gasteiger partial charge in [-0.1, -0.05) is 0 Å². The molecule has 0 aromatic rings. The van der Waals surface area contributed by atoms with Crippen LogP contribution in [0.25, 0.3) is 0 Å². The normalized spacial score (nSPS) is 56.6. The van der Waals surface area contributed by atoms with Crippen LogP contribution in [0.15, 0.2) is 0 Å². The molecule has 1 saturated heterocycles. The van der Waals surface area contributed by atoms with Gasteiger partial charge in [0.05, 0.1) is 6.04 Å². The maximum atomic E-state index is 11.4. The first-order chi connectivity index (χ1) is 4.86. The third kappa shape index (κ3) is 0.409. The molecule has 0 aromatic heterocycles. The fourth-order valence-electron chi connectivity index (χ4n) is 3.03. The van der Waals surface area contributed by atoms with E-state index >= 15 is 0 Å². The zero-order valence-electron chi connectivity index (χ0n) is 5.84. The van der Waals surface area contributed by atoms with Gasteiger partial charge in [-0.3, -0.25) is 4.79 Å². The van der Waals surface area contributed by atoms with E-state index in [4.69, 9.17) is 0 Å². The smallest absolute Gasteiger partial charge is 0.153 e. The lowest BCUT2D eigenvalue weighted by Crippen LogP contribution is -2.33. The number of rotatable bonds is 0. The SMILES string of the molecule is O=C1C2CC3CNC1C3C2. The van der Waals surface area contributed by atoms with Crippen molar-refractivity contribution in [1.29, 1.82) is 0 Å². The highest BCUT2D eigenvalue weighted by atomic mass is 16.1. The van der Waals surface area contributed by atoms with Crippen LogP contribution in [0.5, 0.6) is 0 Å². The molecule has 4 unspecified atom stereocenters. The van der Waals surface area contributed by atoms with Crippen molar-refractivity contribution < 1.29 is 4.79 Å². The summed E-state index contributed by atoms with van der Waals surface area (Å²) < 4.78 is 0. The topological polar surface area (TPSA) is 29.1 Å². The van der Waals surface area contributed by atoms with Crippen molar-refractivity contribution in [3.63, 3.8) is 0 Å². The first kappa shape index (κ1) is 5.30. The summed E-state index contributed by atoms with van der Waals surface area (Å²) in [6, 6.07) is 0.281. The fourth-order valence-corrected chi connectivity index (χ4v) is 3.03. The summed E-state index contributed by atoms with van der Waals surface area (Å²) in [5, 5.41) is 3.31. The van der Waals surface area contributed by atoms with Crippen molar-refractivity contribution in [2.75, 3.05) is 6.54 Å². The molecule has 1 aliphatic heterocycles. The van der Waals surface area contributed by atoms with E-state index in [0.29, 0.717) is 11.7 Å². The number of fused-ring (bicyclic) bond motifs is 1. The Hall–Kier alpha value is -0.370. The fraction of sp³-hybridized carbons (Fsp3) is 0.875. The van der Waals surface area contributed by atoms with Crippen molar-refractivity contribution in [3.05, 3.63) is 0 Å². The Balaban J connectivity index is 2.08. The quantitative estimate of drug-likeness (QED) is 0.516. The summed E-state index contributed by atoms with van der Waals surface area (Å²) in [6.45, 7) is 1.11. The van der Waals surface area contributed by atoms with Gasteiger partial charge < -0.3 is 5.32 Å². The summed E-state index contributed by atoms with van der Waals surface area (Å²) in [5.74, 6) is 2.55. The number of hydrogen-bond donors (Lipinski definition) is 1. The Bertz CT molecular complexity index is 199. The number of nitrogens with one attached hydrogen (secondary N) is 1. The lowest BCUT2D eigenvalue weighted by molar-refractivity contribution is -0.123. The summed E-state index contributed by atoms with van der Waals surface area (Å²) in [5.41, 5.74) is 0. The molecule has 2 saturated carbocycles. The zero-order chi connectivity index (χ0) is 6.72. The molecule has 0 radical (unpaired) electrons. The molecule has 1 N–H and O–H groups in total. The van der Waals surface area contributed by atoms with Crippen LogP contribution < -0.4 is 5.32 Å². The molecule has 3 fully saturated rings. The molecule has 0 aromatic carbocycles. The minimum absolute atomic E-state index is 0.281. The summed E-state index contributed by atoms with van der Waals surface area (Å²) in [4.78, 5) is 11.4. The van der Waals surface area contributed by atoms with E-state index in [1.54, 1.807) is 0 Å². The van der Waals surface area contributed by atoms with Crippen LogP contribution >= 0.6 is 0 Å². The molecule has 4 atom stereocenters. The Labute approximate surface area is 60.0 Å². The van der Waals surface area contributed by atoms with Gasteiger partial charge in [0.2, 0.25) is 0 Å². The molecule has 54 valence electrons. The highest BCUT2D eigenvalue weighted by molar-refractivity contribution is 5.90. The lowest BCUT2D eigenvalue weighted by Gasteiger charge is -2.14. The van der Waals surface area contributed by atoms with E-state index < -0.39 is 0 Å². The molecule has 0 spiro atoms. The van der Waals surface area contributed by atoms with Gasteiger partial charge in [-0.25, -0.2) is 0 Å². The number of hydrogen-bond acceptors (Lipinski definition) is 2. The average molecular weight is 137 g/mol. The van der Waals surface area contributed by atoms with E-state index in [0.717, 1.165) is 18.4 Å². The predicted octanol–water partition coefficient (Wildman–Crippen LogP) is 0.183. The van der Waals surface area contributed by atoms with Crippen molar-refractivity contribution in [1.82, 2.24) is 5.32 Å². The Morgan fingerprint density at radius 1 is 1.40 bits per heavy atom. The van der Waals surface area contributed by atoms with E-state index in [1.807, 2.05) is 0 Å². The van der Waals surface area contributed by atoms with Crippen molar-refractivity contribution in [2.45, 2.75) is 18.9 Å². The molecule has 0 amide bonds. The van der Waals surface area contributed by atoms with Crippen LogP contribution in [0.3, 0.4) is 0 Å². The molecule has 3 rings (SSSR count). The number of Topliss-reactive ketones (excluding diaryl/α,β-unsaturated/α-hetero) is 1. The van der Waals surface area contributed by atoms with Gasteiger partial charge in [-0.05, 0) is 31.2 Å². The van der Waals surface area contributed by atoms with Gasteiger partial charge in [0.1, 0.15) is 0 Å². The van der Waals surface area contributed by atoms with Gasteiger partial charge >= 0.3 is 0 Å². The first-order valence-electron chi connectivity index (χ1n) is 4.13. The predicted molar refractivity (Wildman–Crippen MR) is 36.5 cm³/mol. The van der Waals surface area contributed by atoms with Crippen molar-refractivity contribution in [2.24, 2.45) is 17.8 Å². The van der Waals surface area contributed by atoms with E-state index in [2.05, 4.69) is 5.32 Å². The molecule has 2 heteroatoms. The highest BCUT2D eigenvalue weighted by Crippen LogP contribution is 2.49. The zero-order valence-corrected chi connectivity index (χ0v) is 5.84. The second-order valence-electron chi connectivity index (χ2n) is 3.88. The number of carbonyl (C=O) groups excluding carboxylic acids is 1. The van der Waals surface area contributed by atoms with Crippen LogP contribution in [0, 0.1) is 17.8 Å². The first-order valence-corrected chi connectivity index (χ1v) is 4.13. The van der Waals surface area contributed by atoms with Gasteiger partial charge in [-0.2, -0.15) is 0 Å². The minimum atomic E-state index is 0.281. The summed E-state index contributed by atoms with van der Waals surface area (Å²) in [7, 11) is 0. The van der Waals surface area contributed by atoms with E-state index in [1.165, 1.54) is 12.8 Å². The van der Waals surface area contributed by atoms with Crippen LogP contribution in [0.2, 0.25) is 0 Å². The standard InChI is InChI=1S/C8H11NO/c10-8-4-1-5-3-9-7(8)6(5)2-4/h4-7,9H,1-3H2.